The predicted molar refractivity (Wildman–Crippen MR) is 82.7 cm³/mol. The second-order valence-corrected chi connectivity index (χ2v) is 5.88. The van der Waals surface area contributed by atoms with E-state index in [0.29, 0.717) is 6.04 Å². The van der Waals surface area contributed by atoms with E-state index in [0.717, 1.165) is 31.2 Å². The Bertz CT molecular complexity index is 598. The molecule has 0 aromatic carbocycles. The fraction of sp³-hybridized carbons (Fsp3) is 0.562. The zero-order valence-electron chi connectivity index (χ0n) is 12.4. The molecule has 0 bridgehead atoms. The van der Waals surface area contributed by atoms with Gasteiger partial charge < -0.3 is 15.6 Å². The quantitative estimate of drug-likeness (QED) is 0.849. The average Bonchev–Trinajstić information content (AvgIpc) is 3.16. The molecule has 1 saturated carbocycles. The summed E-state index contributed by atoms with van der Waals surface area (Å²) in [5.41, 5.74) is 9.41. The van der Waals surface area contributed by atoms with E-state index >= 15 is 0 Å². The first-order chi connectivity index (χ1) is 9.70. The van der Waals surface area contributed by atoms with Crippen molar-refractivity contribution < 1.29 is 0 Å². The molecule has 3 N–H and O–H groups in total. The molecule has 0 aliphatic heterocycles. The Hall–Kier alpha value is -1.39. The van der Waals surface area contributed by atoms with Crippen molar-refractivity contribution in [1.29, 1.82) is 0 Å². The Morgan fingerprint density at radius 2 is 2.30 bits per heavy atom. The number of rotatable bonds is 6. The van der Waals surface area contributed by atoms with Crippen LogP contribution >= 0.6 is 0 Å². The molecule has 4 nitrogen and oxygen atoms in total. The van der Waals surface area contributed by atoms with E-state index in [1.165, 1.54) is 29.3 Å². The summed E-state index contributed by atoms with van der Waals surface area (Å²) >= 11 is 0. The monoisotopic (exact) mass is 272 g/mol. The summed E-state index contributed by atoms with van der Waals surface area (Å²) < 4.78 is 2.32. The minimum absolute atomic E-state index is 0.394. The minimum atomic E-state index is 0.394. The highest BCUT2D eigenvalue weighted by atomic mass is 15.0. The number of nitrogens with one attached hydrogen (secondary N) is 1. The van der Waals surface area contributed by atoms with E-state index in [1.807, 2.05) is 6.20 Å². The van der Waals surface area contributed by atoms with Crippen LogP contribution in [0.4, 0.5) is 0 Å². The fourth-order valence-electron chi connectivity index (χ4n) is 2.93. The summed E-state index contributed by atoms with van der Waals surface area (Å²) in [7, 11) is 0. The predicted octanol–water partition coefficient (Wildman–Crippen LogP) is 2.51. The average molecular weight is 272 g/mol. The van der Waals surface area contributed by atoms with E-state index < -0.39 is 0 Å². The lowest BCUT2D eigenvalue weighted by Gasteiger charge is -2.12. The third kappa shape index (κ3) is 2.58. The van der Waals surface area contributed by atoms with Crippen molar-refractivity contribution >= 4 is 10.9 Å². The van der Waals surface area contributed by atoms with Crippen molar-refractivity contribution in [3.8, 4) is 0 Å². The van der Waals surface area contributed by atoms with E-state index in [9.17, 15) is 0 Å². The Kier molecular flexibility index (Phi) is 3.76. The summed E-state index contributed by atoms with van der Waals surface area (Å²) in [5, 5.41) is 5.02. The second kappa shape index (κ2) is 5.54. The Morgan fingerprint density at radius 3 is 3.00 bits per heavy atom. The van der Waals surface area contributed by atoms with Crippen LogP contribution in [0.5, 0.6) is 0 Å². The molecule has 108 valence electrons. The number of fused-ring (bicyclic) bond motifs is 1. The zero-order valence-corrected chi connectivity index (χ0v) is 12.4. The molecule has 1 fully saturated rings. The van der Waals surface area contributed by atoms with Crippen LogP contribution < -0.4 is 11.1 Å². The molecule has 1 atom stereocenters. The number of aromatic nitrogens is 2. The number of hydrogen-bond acceptors (Lipinski definition) is 3. The summed E-state index contributed by atoms with van der Waals surface area (Å²) in [6.07, 6.45) is 7.84. The van der Waals surface area contributed by atoms with Gasteiger partial charge in [0.05, 0.1) is 11.2 Å². The largest absolute Gasteiger partial charge is 0.346 e. The molecule has 4 heteroatoms. The highest BCUT2D eigenvalue weighted by molar-refractivity contribution is 5.86. The van der Waals surface area contributed by atoms with Gasteiger partial charge in [-0.05, 0) is 51.3 Å². The molecule has 2 aromatic heterocycles. The van der Waals surface area contributed by atoms with Crippen LogP contribution in [0.15, 0.2) is 18.5 Å². The standard InChI is InChI=1S/C16H24N4/c1-11(19-13-4-5-13)15-10-20(9-3-7-17)16-12(2)18-8-6-14(15)16/h6,8,10-11,13,19H,3-5,7,9,17H2,1-2H3. The first-order valence-electron chi connectivity index (χ1n) is 7.61. The molecule has 2 heterocycles. The molecular weight excluding hydrogens is 248 g/mol. The molecule has 1 aliphatic rings. The van der Waals surface area contributed by atoms with Crippen molar-refractivity contribution in [2.24, 2.45) is 5.73 Å². The smallest absolute Gasteiger partial charge is 0.0699 e. The van der Waals surface area contributed by atoms with Gasteiger partial charge >= 0.3 is 0 Å². The normalized spacial score (nSPS) is 16.8. The molecule has 0 spiro atoms. The molecule has 0 saturated heterocycles. The topological polar surface area (TPSA) is 55.9 Å². The van der Waals surface area contributed by atoms with Crippen LogP contribution in [0.25, 0.3) is 10.9 Å². The van der Waals surface area contributed by atoms with Crippen LogP contribution in [0.2, 0.25) is 0 Å². The van der Waals surface area contributed by atoms with Crippen molar-refractivity contribution in [1.82, 2.24) is 14.9 Å². The van der Waals surface area contributed by atoms with Crippen LogP contribution in [-0.2, 0) is 6.54 Å². The van der Waals surface area contributed by atoms with E-state index in [1.54, 1.807) is 0 Å². The molecule has 1 unspecified atom stereocenters. The molecule has 20 heavy (non-hydrogen) atoms. The Labute approximate surface area is 120 Å². The summed E-state index contributed by atoms with van der Waals surface area (Å²) in [6, 6.07) is 3.25. The third-order valence-electron chi connectivity index (χ3n) is 4.13. The number of nitrogens with two attached hydrogens (primary N) is 1. The van der Waals surface area contributed by atoms with Gasteiger partial charge in [-0.1, -0.05) is 0 Å². The van der Waals surface area contributed by atoms with Crippen LogP contribution in [0.3, 0.4) is 0 Å². The number of hydrogen-bond donors (Lipinski definition) is 2. The second-order valence-electron chi connectivity index (χ2n) is 5.88. The van der Waals surface area contributed by atoms with Gasteiger partial charge in [-0.2, -0.15) is 0 Å². The van der Waals surface area contributed by atoms with Gasteiger partial charge in [0.2, 0.25) is 0 Å². The maximum absolute atomic E-state index is 5.66. The molecule has 3 rings (SSSR count). The first-order valence-corrected chi connectivity index (χ1v) is 7.61. The Balaban J connectivity index is 2.00. The SMILES string of the molecule is Cc1nccc2c(C(C)NC3CC3)cn(CCCN)c12. The van der Waals surface area contributed by atoms with Crippen molar-refractivity contribution in [3.63, 3.8) is 0 Å². The maximum Gasteiger partial charge on any atom is 0.0699 e. The van der Waals surface area contributed by atoms with E-state index in [-0.39, 0.29) is 0 Å². The van der Waals surface area contributed by atoms with Gasteiger partial charge in [0.15, 0.2) is 0 Å². The third-order valence-corrected chi connectivity index (χ3v) is 4.13. The summed E-state index contributed by atoms with van der Waals surface area (Å²) in [6.45, 7) is 6.04. The van der Waals surface area contributed by atoms with Gasteiger partial charge in [-0.3, -0.25) is 4.98 Å². The number of aryl methyl sites for hydroxylation is 2. The first kappa shape index (κ1) is 13.6. The zero-order chi connectivity index (χ0) is 14.1. The van der Waals surface area contributed by atoms with E-state index in [2.05, 4.69) is 41.0 Å². The van der Waals surface area contributed by atoms with Crippen molar-refractivity contribution in [3.05, 3.63) is 29.7 Å². The fourth-order valence-corrected chi connectivity index (χ4v) is 2.93. The highest BCUT2D eigenvalue weighted by Crippen LogP contribution is 2.30. The highest BCUT2D eigenvalue weighted by Gasteiger charge is 2.25. The number of pyridine rings is 1. The maximum atomic E-state index is 5.66. The number of nitrogens with zero attached hydrogens (tertiary/aromatic N) is 2. The lowest BCUT2D eigenvalue weighted by atomic mass is 10.1. The van der Waals surface area contributed by atoms with Crippen LogP contribution in [-0.4, -0.2) is 22.1 Å². The van der Waals surface area contributed by atoms with E-state index in [4.69, 9.17) is 5.73 Å². The van der Waals surface area contributed by atoms with Gasteiger partial charge in [-0.25, -0.2) is 0 Å². The van der Waals surface area contributed by atoms with Gasteiger partial charge in [0.1, 0.15) is 0 Å². The molecular formula is C16H24N4. The molecule has 1 aliphatic carbocycles. The van der Waals surface area contributed by atoms with Gasteiger partial charge in [0, 0.05) is 36.4 Å². The van der Waals surface area contributed by atoms with Crippen LogP contribution in [0.1, 0.15) is 43.5 Å². The van der Waals surface area contributed by atoms with Crippen LogP contribution in [0, 0.1) is 6.92 Å². The summed E-state index contributed by atoms with van der Waals surface area (Å²) in [4.78, 5) is 4.45. The lowest BCUT2D eigenvalue weighted by molar-refractivity contribution is 0.570. The molecule has 0 amide bonds. The summed E-state index contributed by atoms with van der Waals surface area (Å²) in [5.74, 6) is 0. The molecule has 2 aromatic rings. The Morgan fingerprint density at radius 1 is 1.50 bits per heavy atom. The lowest BCUT2D eigenvalue weighted by Crippen LogP contribution is -2.20. The minimum Gasteiger partial charge on any atom is -0.346 e. The van der Waals surface area contributed by atoms with Crippen molar-refractivity contribution in [2.75, 3.05) is 6.54 Å². The molecule has 0 radical (unpaired) electrons. The van der Waals surface area contributed by atoms with Gasteiger partial charge in [-0.15, -0.1) is 0 Å². The van der Waals surface area contributed by atoms with Crippen molar-refractivity contribution in [2.45, 2.75) is 51.7 Å². The van der Waals surface area contributed by atoms with Gasteiger partial charge in [0.25, 0.3) is 0 Å².